The van der Waals surface area contributed by atoms with Gasteiger partial charge in [0.2, 0.25) is 11.9 Å². The number of aromatic nitrogens is 2. The topological polar surface area (TPSA) is 38.9 Å². The highest BCUT2D eigenvalue weighted by Gasteiger charge is 2.12. The third-order valence-electron chi connectivity index (χ3n) is 3.36. The van der Waals surface area contributed by atoms with Gasteiger partial charge < -0.3 is 4.42 Å². The number of para-hydroxylation sites is 1. The maximum atomic E-state index is 13.8. The first kappa shape index (κ1) is 12.0. The Labute approximate surface area is 117 Å². The van der Waals surface area contributed by atoms with E-state index in [-0.39, 0.29) is 5.56 Å². The van der Waals surface area contributed by atoms with Gasteiger partial charge in [0.25, 0.3) is 0 Å². The maximum absolute atomic E-state index is 13.8. The average molecular weight is 282 g/mol. The van der Waals surface area contributed by atoms with Gasteiger partial charge in [-0.1, -0.05) is 18.2 Å². The Morgan fingerprint density at radius 3 is 2.62 bits per heavy atom. The van der Waals surface area contributed by atoms with Crippen LogP contribution in [0.2, 0.25) is 0 Å². The lowest BCUT2D eigenvalue weighted by atomic mass is 10.1. The molecule has 0 aliphatic rings. The van der Waals surface area contributed by atoms with E-state index in [1.807, 2.05) is 24.3 Å². The predicted octanol–water partition coefficient (Wildman–Crippen LogP) is 4.32. The molecule has 4 aromatic rings. The first-order valence-corrected chi connectivity index (χ1v) is 6.32. The van der Waals surface area contributed by atoms with Gasteiger partial charge in [-0.3, -0.25) is 4.98 Å². The first-order chi connectivity index (χ1) is 10.2. The molecule has 21 heavy (non-hydrogen) atoms. The second kappa shape index (κ2) is 4.34. The number of benzene rings is 1. The highest BCUT2D eigenvalue weighted by atomic mass is 19.1. The van der Waals surface area contributed by atoms with Crippen molar-refractivity contribution in [1.82, 2.24) is 9.97 Å². The van der Waals surface area contributed by atoms with Crippen LogP contribution < -0.4 is 0 Å². The van der Waals surface area contributed by atoms with Crippen molar-refractivity contribution in [2.75, 3.05) is 0 Å². The van der Waals surface area contributed by atoms with Gasteiger partial charge in [-0.25, -0.2) is 0 Å². The number of furan rings is 1. The summed E-state index contributed by atoms with van der Waals surface area (Å²) in [4.78, 5) is 7.35. The monoisotopic (exact) mass is 282 g/mol. The Hall–Kier alpha value is -2.82. The highest BCUT2D eigenvalue weighted by Crippen LogP contribution is 2.31. The second-order valence-corrected chi connectivity index (χ2v) is 4.64. The Morgan fingerprint density at radius 2 is 1.76 bits per heavy atom. The molecule has 0 spiro atoms. The van der Waals surface area contributed by atoms with Crippen molar-refractivity contribution >= 4 is 21.9 Å². The summed E-state index contributed by atoms with van der Waals surface area (Å²) in [6.07, 6.45) is 1.54. The maximum Gasteiger partial charge on any atom is 0.224 e. The molecule has 0 radical (unpaired) electrons. The molecule has 5 heteroatoms. The summed E-state index contributed by atoms with van der Waals surface area (Å²) in [5.41, 5.74) is 1.90. The Morgan fingerprint density at radius 1 is 0.905 bits per heavy atom. The van der Waals surface area contributed by atoms with Crippen LogP contribution in [-0.2, 0) is 0 Å². The summed E-state index contributed by atoms with van der Waals surface area (Å²) in [6.45, 7) is 0. The van der Waals surface area contributed by atoms with Crippen LogP contribution in [0.3, 0.4) is 0 Å². The summed E-state index contributed by atoms with van der Waals surface area (Å²) < 4.78 is 32.3. The van der Waals surface area contributed by atoms with Crippen LogP contribution in [0, 0.1) is 11.9 Å². The number of hydrogen-bond donors (Lipinski definition) is 0. The largest absolute Gasteiger partial charge is 0.454 e. The van der Waals surface area contributed by atoms with E-state index in [9.17, 15) is 8.78 Å². The van der Waals surface area contributed by atoms with Gasteiger partial charge in [-0.05, 0) is 24.3 Å². The number of rotatable bonds is 1. The van der Waals surface area contributed by atoms with Crippen molar-refractivity contribution in [3.8, 4) is 11.3 Å². The molecule has 0 saturated heterocycles. The van der Waals surface area contributed by atoms with Crippen molar-refractivity contribution < 1.29 is 13.2 Å². The quantitative estimate of drug-likeness (QED) is 0.488. The molecular weight excluding hydrogens is 274 g/mol. The molecule has 3 aromatic heterocycles. The lowest BCUT2D eigenvalue weighted by molar-refractivity contribution is 0.515. The summed E-state index contributed by atoms with van der Waals surface area (Å²) in [7, 11) is 0. The molecule has 0 unspecified atom stereocenters. The Kier molecular flexibility index (Phi) is 2.47. The predicted molar refractivity (Wildman–Crippen MR) is 74.7 cm³/mol. The van der Waals surface area contributed by atoms with Crippen molar-refractivity contribution in [1.29, 1.82) is 0 Å². The summed E-state index contributed by atoms with van der Waals surface area (Å²) in [5.74, 6) is -1.74. The van der Waals surface area contributed by atoms with Crippen LogP contribution in [0.4, 0.5) is 8.78 Å². The van der Waals surface area contributed by atoms with Gasteiger partial charge in [0.05, 0.1) is 17.5 Å². The summed E-state index contributed by atoms with van der Waals surface area (Å²) in [6, 6.07) is 11.7. The van der Waals surface area contributed by atoms with E-state index in [1.165, 1.54) is 12.3 Å². The van der Waals surface area contributed by atoms with Gasteiger partial charge in [0.1, 0.15) is 5.58 Å². The fourth-order valence-corrected chi connectivity index (χ4v) is 2.38. The van der Waals surface area contributed by atoms with Crippen molar-refractivity contribution in [3.05, 3.63) is 60.6 Å². The van der Waals surface area contributed by atoms with Gasteiger partial charge in [0.15, 0.2) is 5.58 Å². The van der Waals surface area contributed by atoms with E-state index in [1.54, 1.807) is 6.07 Å². The molecule has 0 aliphatic carbocycles. The third-order valence-corrected chi connectivity index (χ3v) is 3.36. The van der Waals surface area contributed by atoms with Gasteiger partial charge in [-0.15, -0.1) is 0 Å². The Balaban J connectivity index is 1.99. The molecule has 0 atom stereocenters. The normalized spacial score (nSPS) is 11.3. The SMILES string of the molecule is Fc1ccc(-c2cc3c(cn2)oc2ccccc23)c(F)n1. The van der Waals surface area contributed by atoms with Crippen LogP contribution >= 0.6 is 0 Å². The molecule has 0 bridgehead atoms. The van der Waals surface area contributed by atoms with Crippen molar-refractivity contribution in [2.45, 2.75) is 0 Å². The molecule has 4 rings (SSSR count). The minimum Gasteiger partial charge on any atom is -0.454 e. The highest BCUT2D eigenvalue weighted by molar-refractivity contribution is 6.05. The zero-order chi connectivity index (χ0) is 14.4. The number of pyridine rings is 2. The van der Waals surface area contributed by atoms with Crippen molar-refractivity contribution in [3.63, 3.8) is 0 Å². The molecule has 102 valence electrons. The standard InChI is InChI=1S/C16H8F2N2O/c17-15-6-5-10(16(18)20-15)12-7-11-9-3-1-2-4-13(9)21-14(11)8-19-12/h1-8H. The molecular formula is C16H8F2N2O. The van der Waals surface area contributed by atoms with E-state index in [4.69, 9.17) is 4.42 Å². The summed E-state index contributed by atoms with van der Waals surface area (Å²) in [5, 5.41) is 1.76. The molecule has 0 amide bonds. The molecule has 0 N–H and O–H groups in total. The zero-order valence-corrected chi connectivity index (χ0v) is 10.7. The molecule has 3 heterocycles. The van der Waals surface area contributed by atoms with Crippen molar-refractivity contribution in [2.24, 2.45) is 0 Å². The van der Waals surface area contributed by atoms with Gasteiger partial charge in [-0.2, -0.15) is 13.8 Å². The smallest absolute Gasteiger partial charge is 0.224 e. The van der Waals surface area contributed by atoms with E-state index in [0.29, 0.717) is 11.3 Å². The van der Waals surface area contributed by atoms with Crippen LogP contribution in [0.1, 0.15) is 0 Å². The molecule has 0 saturated carbocycles. The third kappa shape index (κ3) is 1.86. The second-order valence-electron chi connectivity index (χ2n) is 4.64. The first-order valence-electron chi connectivity index (χ1n) is 6.32. The number of fused-ring (bicyclic) bond motifs is 3. The fraction of sp³-hybridized carbons (Fsp3) is 0. The van der Waals surface area contributed by atoms with Crippen LogP contribution in [0.15, 0.2) is 53.1 Å². The lowest BCUT2D eigenvalue weighted by Gasteiger charge is -2.01. The zero-order valence-electron chi connectivity index (χ0n) is 10.7. The molecule has 1 aromatic carbocycles. The molecule has 3 nitrogen and oxygen atoms in total. The average Bonchev–Trinajstić information content (AvgIpc) is 2.85. The van der Waals surface area contributed by atoms with Gasteiger partial charge in [0, 0.05) is 10.8 Å². The molecule has 0 aliphatic heterocycles. The lowest BCUT2D eigenvalue weighted by Crippen LogP contribution is -1.93. The number of nitrogens with zero attached hydrogens (tertiary/aromatic N) is 2. The van der Waals surface area contributed by atoms with E-state index >= 15 is 0 Å². The van der Waals surface area contributed by atoms with E-state index in [0.717, 1.165) is 22.4 Å². The van der Waals surface area contributed by atoms with Gasteiger partial charge >= 0.3 is 0 Å². The van der Waals surface area contributed by atoms with E-state index < -0.39 is 11.9 Å². The van der Waals surface area contributed by atoms with Crippen LogP contribution in [0.5, 0.6) is 0 Å². The number of halogens is 2. The number of hydrogen-bond acceptors (Lipinski definition) is 3. The minimum atomic E-state index is -0.880. The fourth-order valence-electron chi connectivity index (χ4n) is 2.38. The summed E-state index contributed by atoms with van der Waals surface area (Å²) >= 11 is 0. The van der Waals surface area contributed by atoms with Crippen LogP contribution in [-0.4, -0.2) is 9.97 Å². The van der Waals surface area contributed by atoms with Crippen LogP contribution in [0.25, 0.3) is 33.2 Å². The van der Waals surface area contributed by atoms with E-state index in [2.05, 4.69) is 9.97 Å². The molecule has 0 fully saturated rings. The Bertz CT molecular complexity index is 979. The minimum absolute atomic E-state index is 0.156.